The van der Waals surface area contributed by atoms with Crippen molar-refractivity contribution in [3.63, 3.8) is 0 Å². The number of alkyl halides is 3. The molecule has 11 heteroatoms. The Morgan fingerprint density at radius 2 is 1.77 bits per heavy atom. The van der Waals surface area contributed by atoms with Gasteiger partial charge >= 0.3 is 6.18 Å². The highest BCUT2D eigenvalue weighted by Crippen LogP contribution is 2.32. The number of nitrogens with zero attached hydrogens (tertiary/aromatic N) is 4. The molecule has 0 aliphatic carbocycles. The molecule has 1 aliphatic rings. The van der Waals surface area contributed by atoms with Gasteiger partial charge in [-0.3, -0.25) is 14.3 Å². The van der Waals surface area contributed by atoms with Crippen LogP contribution in [0, 0.1) is 0 Å². The molecule has 1 aliphatic heterocycles. The van der Waals surface area contributed by atoms with Crippen LogP contribution in [0.4, 0.5) is 19.0 Å². The molecule has 3 heterocycles. The fourth-order valence-electron chi connectivity index (χ4n) is 4.57. The average molecular weight is 535 g/mol. The van der Waals surface area contributed by atoms with E-state index < -0.39 is 11.7 Å². The van der Waals surface area contributed by atoms with Crippen molar-refractivity contribution in [1.82, 2.24) is 25.0 Å². The molecule has 8 nitrogen and oxygen atoms in total. The first kappa shape index (κ1) is 26.0. The first-order valence-corrected chi connectivity index (χ1v) is 12.2. The molecule has 4 aromatic rings. The monoisotopic (exact) mass is 534 g/mol. The van der Waals surface area contributed by atoms with Gasteiger partial charge in [0.25, 0.3) is 11.8 Å². The van der Waals surface area contributed by atoms with Crippen LogP contribution in [0.15, 0.2) is 73.2 Å². The standard InChI is InChI=1S/C28H25F3N6O2/c1-36-15-21(14-34-36)20-12-24(25(32)33-13-20)26(38)35-23-9-10-37(16-23)27(39)18-7-5-17(6-8-18)19-3-2-4-22(11-19)28(29,30)31/h2-8,11-15,23H,9-10,16H2,1H3,(H2,32,33)(H,35,38)/t23-/m1/s1. The topological polar surface area (TPSA) is 106 Å². The van der Waals surface area contributed by atoms with Crippen LogP contribution in [0.1, 0.15) is 32.7 Å². The Kier molecular flexibility index (Phi) is 6.81. The molecule has 1 saturated heterocycles. The third-order valence-electron chi connectivity index (χ3n) is 6.67. The number of nitrogens with one attached hydrogen (secondary N) is 1. The van der Waals surface area contributed by atoms with E-state index in [9.17, 15) is 22.8 Å². The third kappa shape index (κ3) is 5.62. The second-order valence-electron chi connectivity index (χ2n) is 9.43. The summed E-state index contributed by atoms with van der Waals surface area (Å²) >= 11 is 0. The summed E-state index contributed by atoms with van der Waals surface area (Å²) in [7, 11) is 1.79. The lowest BCUT2D eigenvalue weighted by Crippen LogP contribution is -2.38. The van der Waals surface area contributed by atoms with Crippen molar-refractivity contribution in [2.24, 2.45) is 7.05 Å². The van der Waals surface area contributed by atoms with Gasteiger partial charge in [0.2, 0.25) is 0 Å². The largest absolute Gasteiger partial charge is 0.416 e. The lowest BCUT2D eigenvalue weighted by molar-refractivity contribution is -0.137. The number of benzene rings is 2. The fourth-order valence-corrected chi connectivity index (χ4v) is 4.57. The first-order valence-electron chi connectivity index (χ1n) is 12.2. The van der Waals surface area contributed by atoms with Gasteiger partial charge in [-0.25, -0.2) is 4.98 Å². The molecule has 1 atom stereocenters. The number of aryl methyl sites for hydroxylation is 1. The summed E-state index contributed by atoms with van der Waals surface area (Å²) in [6, 6.07) is 12.9. The molecule has 200 valence electrons. The Labute approximate surface area is 222 Å². The van der Waals surface area contributed by atoms with Gasteiger partial charge in [0.15, 0.2) is 0 Å². The lowest BCUT2D eigenvalue weighted by Gasteiger charge is -2.18. The molecule has 0 saturated carbocycles. The Balaban J connectivity index is 1.23. The van der Waals surface area contributed by atoms with Gasteiger partial charge in [-0.05, 0) is 47.9 Å². The molecule has 39 heavy (non-hydrogen) atoms. The van der Waals surface area contributed by atoms with Gasteiger partial charge in [0.1, 0.15) is 5.82 Å². The normalized spacial score (nSPS) is 15.4. The SMILES string of the molecule is Cn1cc(-c2cnc(N)c(C(=O)N[C@@H]3CCN(C(=O)c4ccc(-c5cccc(C(F)(F)F)c5)cc4)C3)c2)cn1. The minimum Gasteiger partial charge on any atom is -0.383 e. The van der Waals surface area contributed by atoms with Crippen molar-refractivity contribution >= 4 is 17.6 Å². The van der Waals surface area contributed by atoms with E-state index in [1.807, 2.05) is 6.20 Å². The molecule has 0 radical (unpaired) electrons. The van der Waals surface area contributed by atoms with Crippen LogP contribution in [0.25, 0.3) is 22.3 Å². The first-order chi connectivity index (χ1) is 18.6. The molecule has 0 unspecified atom stereocenters. The van der Waals surface area contributed by atoms with Gasteiger partial charge in [0.05, 0.1) is 17.3 Å². The summed E-state index contributed by atoms with van der Waals surface area (Å²) in [5.74, 6) is -0.496. The van der Waals surface area contributed by atoms with E-state index in [-0.39, 0.29) is 29.2 Å². The smallest absolute Gasteiger partial charge is 0.383 e. The summed E-state index contributed by atoms with van der Waals surface area (Å²) in [4.78, 5) is 31.8. The van der Waals surface area contributed by atoms with Crippen molar-refractivity contribution < 1.29 is 22.8 Å². The van der Waals surface area contributed by atoms with Crippen LogP contribution in [-0.4, -0.2) is 50.6 Å². The van der Waals surface area contributed by atoms with E-state index in [1.54, 1.807) is 65.4 Å². The second kappa shape index (κ2) is 10.2. The number of anilines is 1. The summed E-state index contributed by atoms with van der Waals surface area (Å²) in [6.45, 7) is 0.762. The minimum absolute atomic E-state index is 0.104. The molecule has 5 rings (SSSR count). The van der Waals surface area contributed by atoms with Crippen LogP contribution in [0.5, 0.6) is 0 Å². The van der Waals surface area contributed by atoms with Crippen LogP contribution in [0.3, 0.4) is 0 Å². The maximum absolute atomic E-state index is 13.1. The summed E-state index contributed by atoms with van der Waals surface area (Å²) < 4.78 is 40.8. The Morgan fingerprint density at radius 3 is 2.46 bits per heavy atom. The molecule has 0 spiro atoms. The zero-order chi connectivity index (χ0) is 27.7. The number of rotatable bonds is 5. The van der Waals surface area contributed by atoms with E-state index in [0.717, 1.165) is 17.7 Å². The predicted octanol–water partition coefficient (Wildman–Crippen LogP) is 4.39. The predicted molar refractivity (Wildman–Crippen MR) is 140 cm³/mol. The van der Waals surface area contributed by atoms with E-state index in [1.165, 1.54) is 6.07 Å². The molecule has 2 aromatic carbocycles. The summed E-state index contributed by atoms with van der Waals surface area (Å²) in [5, 5.41) is 7.07. The number of halogens is 3. The number of aromatic nitrogens is 3. The average Bonchev–Trinajstić information content (AvgIpc) is 3.57. The van der Waals surface area contributed by atoms with E-state index in [0.29, 0.717) is 41.8 Å². The van der Waals surface area contributed by atoms with Crippen molar-refractivity contribution in [3.8, 4) is 22.3 Å². The van der Waals surface area contributed by atoms with Gasteiger partial charge in [-0.1, -0.05) is 24.3 Å². The Morgan fingerprint density at radius 1 is 1.00 bits per heavy atom. The molecule has 1 fully saturated rings. The fraction of sp³-hybridized carbons (Fsp3) is 0.214. The van der Waals surface area contributed by atoms with E-state index >= 15 is 0 Å². The quantitative estimate of drug-likeness (QED) is 0.395. The molecular formula is C28H25F3N6O2. The van der Waals surface area contributed by atoms with E-state index in [4.69, 9.17) is 5.73 Å². The molecule has 3 N–H and O–H groups in total. The van der Waals surface area contributed by atoms with Gasteiger partial charge in [-0.2, -0.15) is 18.3 Å². The number of nitrogen functional groups attached to an aromatic ring is 1. The van der Waals surface area contributed by atoms with Gasteiger partial charge in [-0.15, -0.1) is 0 Å². The number of carbonyl (C=O) groups excluding carboxylic acids is 2. The van der Waals surface area contributed by atoms with Gasteiger partial charge in [0, 0.05) is 55.3 Å². The van der Waals surface area contributed by atoms with E-state index in [2.05, 4.69) is 15.4 Å². The van der Waals surface area contributed by atoms with Crippen LogP contribution in [0.2, 0.25) is 0 Å². The Hall–Kier alpha value is -4.67. The number of nitrogens with two attached hydrogens (primary N) is 1. The zero-order valence-corrected chi connectivity index (χ0v) is 20.9. The minimum atomic E-state index is -4.43. The van der Waals surface area contributed by atoms with Crippen LogP contribution < -0.4 is 11.1 Å². The number of hydrogen-bond donors (Lipinski definition) is 2. The molecule has 0 bridgehead atoms. The zero-order valence-electron chi connectivity index (χ0n) is 20.9. The third-order valence-corrected chi connectivity index (χ3v) is 6.67. The number of likely N-dealkylation sites (tertiary alicyclic amines) is 1. The lowest BCUT2D eigenvalue weighted by atomic mass is 10.0. The highest BCUT2D eigenvalue weighted by Gasteiger charge is 2.31. The van der Waals surface area contributed by atoms with Crippen LogP contribution in [-0.2, 0) is 13.2 Å². The molecule has 2 amide bonds. The number of amides is 2. The number of pyridine rings is 1. The second-order valence-corrected chi connectivity index (χ2v) is 9.43. The summed E-state index contributed by atoms with van der Waals surface area (Å²) in [5.41, 5.74) is 8.39. The van der Waals surface area contributed by atoms with Crippen molar-refractivity contribution in [1.29, 1.82) is 0 Å². The van der Waals surface area contributed by atoms with Crippen LogP contribution >= 0.6 is 0 Å². The van der Waals surface area contributed by atoms with Crippen molar-refractivity contribution in [2.75, 3.05) is 18.8 Å². The number of carbonyl (C=O) groups is 2. The molecule has 2 aromatic heterocycles. The highest BCUT2D eigenvalue weighted by atomic mass is 19.4. The van der Waals surface area contributed by atoms with Crippen molar-refractivity contribution in [2.45, 2.75) is 18.6 Å². The maximum Gasteiger partial charge on any atom is 0.416 e. The highest BCUT2D eigenvalue weighted by molar-refractivity contribution is 6.00. The van der Waals surface area contributed by atoms with Crippen molar-refractivity contribution in [3.05, 3.63) is 89.9 Å². The molecular weight excluding hydrogens is 509 g/mol. The number of hydrogen-bond acceptors (Lipinski definition) is 5. The Bertz CT molecular complexity index is 1530. The summed E-state index contributed by atoms with van der Waals surface area (Å²) in [6.07, 6.45) is 1.19. The maximum atomic E-state index is 13.1. The van der Waals surface area contributed by atoms with Gasteiger partial charge < -0.3 is 16.0 Å².